The van der Waals surface area contributed by atoms with E-state index < -0.39 is 0 Å². The lowest BCUT2D eigenvalue weighted by atomic mass is 9.94. The van der Waals surface area contributed by atoms with Gasteiger partial charge in [-0.1, -0.05) is 0 Å². The Kier molecular flexibility index (Phi) is 4.46. The number of piperidine rings is 1. The maximum Gasteiger partial charge on any atom is 0.256 e. The van der Waals surface area contributed by atoms with Crippen LogP contribution in [0.25, 0.3) is 5.65 Å². The second-order valence-electron chi connectivity index (χ2n) is 6.28. The van der Waals surface area contributed by atoms with Gasteiger partial charge in [-0.15, -0.1) is 11.3 Å². The molecule has 3 aromatic heterocycles. The van der Waals surface area contributed by atoms with E-state index in [1.165, 1.54) is 4.88 Å². The number of hydrogen-bond acceptors (Lipinski definition) is 6. The van der Waals surface area contributed by atoms with Gasteiger partial charge in [-0.2, -0.15) is 5.10 Å². The predicted octanol–water partition coefficient (Wildman–Crippen LogP) is 1.92. The SMILES string of the molecule is CNC(=O)c1cnn2c(C3CCCN(Cc4cncs4)C3)ccnc12. The highest BCUT2D eigenvalue weighted by atomic mass is 32.1. The van der Waals surface area contributed by atoms with E-state index in [1.807, 2.05) is 22.3 Å². The van der Waals surface area contributed by atoms with Crippen LogP contribution in [-0.2, 0) is 6.54 Å². The highest BCUT2D eigenvalue weighted by Crippen LogP contribution is 2.28. The number of nitrogens with one attached hydrogen (secondary N) is 1. The average molecular weight is 356 g/mol. The zero-order chi connectivity index (χ0) is 17.2. The minimum Gasteiger partial charge on any atom is -0.355 e. The van der Waals surface area contributed by atoms with E-state index in [-0.39, 0.29) is 5.91 Å². The molecule has 7 nitrogen and oxygen atoms in total. The molecule has 4 heterocycles. The summed E-state index contributed by atoms with van der Waals surface area (Å²) < 4.78 is 1.82. The van der Waals surface area contributed by atoms with Crippen LogP contribution in [0.5, 0.6) is 0 Å². The molecule has 1 aliphatic rings. The molecule has 3 aromatic rings. The first kappa shape index (κ1) is 16.2. The molecule has 1 N–H and O–H groups in total. The largest absolute Gasteiger partial charge is 0.355 e. The number of aromatic nitrogens is 4. The van der Waals surface area contributed by atoms with Crippen molar-refractivity contribution in [3.63, 3.8) is 0 Å². The van der Waals surface area contributed by atoms with E-state index in [0.29, 0.717) is 17.1 Å². The number of carbonyl (C=O) groups excluding carboxylic acids is 1. The zero-order valence-electron chi connectivity index (χ0n) is 14.1. The van der Waals surface area contributed by atoms with Crippen molar-refractivity contribution in [2.24, 2.45) is 0 Å². The lowest BCUT2D eigenvalue weighted by molar-refractivity contribution is 0.0964. The number of amides is 1. The average Bonchev–Trinajstić information content (AvgIpc) is 3.30. The van der Waals surface area contributed by atoms with Crippen molar-refractivity contribution in [1.82, 2.24) is 29.8 Å². The maximum atomic E-state index is 12.0. The summed E-state index contributed by atoms with van der Waals surface area (Å²) in [6, 6.07) is 2.02. The van der Waals surface area contributed by atoms with Crippen LogP contribution in [0, 0.1) is 0 Å². The smallest absolute Gasteiger partial charge is 0.256 e. The van der Waals surface area contributed by atoms with Crippen molar-refractivity contribution in [2.75, 3.05) is 20.1 Å². The summed E-state index contributed by atoms with van der Waals surface area (Å²) in [7, 11) is 1.62. The molecule has 130 valence electrons. The second-order valence-corrected chi connectivity index (χ2v) is 7.26. The monoisotopic (exact) mass is 356 g/mol. The fourth-order valence-electron chi connectivity index (χ4n) is 3.50. The summed E-state index contributed by atoms with van der Waals surface area (Å²) in [4.78, 5) is 24.3. The van der Waals surface area contributed by atoms with Crippen molar-refractivity contribution in [3.8, 4) is 0 Å². The molecular formula is C17H20N6OS. The van der Waals surface area contributed by atoms with Gasteiger partial charge in [0.05, 0.1) is 17.4 Å². The first-order valence-corrected chi connectivity index (χ1v) is 9.28. The molecule has 1 amide bonds. The summed E-state index contributed by atoms with van der Waals surface area (Å²) in [5.41, 5.74) is 4.14. The normalized spacial score (nSPS) is 18.5. The molecule has 1 unspecified atom stereocenters. The predicted molar refractivity (Wildman–Crippen MR) is 95.7 cm³/mol. The fraction of sp³-hybridized carbons (Fsp3) is 0.412. The summed E-state index contributed by atoms with van der Waals surface area (Å²) in [5.74, 6) is 0.222. The van der Waals surface area contributed by atoms with Crippen molar-refractivity contribution in [3.05, 3.63) is 46.3 Å². The van der Waals surface area contributed by atoms with E-state index in [1.54, 1.807) is 30.8 Å². The summed E-state index contributed by atoms with van der Waals surface area (Å²) in [5, 5.41) is 7.08. The molecule has 0 saturated carbocycles. The third kappa shape index (κ3) is 3.14. The molecule has 0 radical (unpaired) electrons. The molecule has 25 heavy (non-hydrogen) atoms. The Morgan fingerprint density at radius 3 is 3.16 bits per heavy atom. The van der Waals surface area contributed by atoms with Gasteiger partial charge in [0.1, 0.15) is 5.56 Å². The molecule has 0 aromatic carbocycles. The third-order valence-electron chi connectivity index (χ3n) is 4.69. The van der Waals surface area contributed by atoms with E-state index >= 15 is 0 Å². The molecule has 4 rings (SSSR count). The Hall–Kier alpha value is -2.32. The molecular weight excluding hydrogens is 336 g/mol. The van der Waals surface area contributed by atoms with Crippen LogP contribution in [0.15, 0.2) is 30.2 Å². The number of thiazole rings is 1. The van der Waals surface area contributed by atoms with Crippen LogP contribution in [-0.4, -0.2) is 50.5 Å². The van der Waals surface area contributed by atoms with Gasteiger partial charge in [-0.3, -0.25) is 14.7 Å². The van der Waals surface area contributed by atoms with Gasteiger partial charge in [0.15, 0.2) is 5.65 Å². The number of nitrogens with zero attached hydrogens (tertiary/aromatic N) is 5. The van der Waals surface area contributed by atoms with Gasteiger partial charge in [-0.05, 0) is 25.5 Å². The lowest BCUT2D eigenvalue weighted by Gasteiger charge is -2.32. The van der Waals surface area contributed by atoms with Crippen molar-refractivity contribution < 1.29 is 4.79 Å². The summed E-state index contributed by atoms with van der Waals surface area (Å²) in [6.07, 6.45) is 7.59. The van der Waals surface area contributed by atoms with Crippen LogP contribution < -0.4 is 5.32 Å². The standard InChI is InChI=1S/C17H20N6OS/c1-18-17(24)14-8-21-23-15(4-5-20-16(14)23)12-3-2-6-22(9-12)10-13-7-19-11-25-13/h4-5,7-8,11-12H,2-3,6,9-10H2,1H3,(H,18,24). The van der Waals surface area contributed by atoms with Crippen molar-refractivity contribution in [2.45, 2.75) is 25.3 Å². The Bertz CT molecular complexity index is 875. The second kappa shape index (κ2) is 6.89. The van der Waals surface area contributed by atoms with Crippen molar-refractivity contribution in [1.29, 1.82) is 0 Å². The van der Waals surface area contributed by atoms with Crippen LogP contribution in [0.3, 0.4) is 0 Å². The van der Waals surface area contributed by atoms with Gasteiger partial charge in [0.2, 0.25) is 0 Å². The Balaban J connectivity index is 1.60. The number of likely N-dealkylation sites (tertiary alicyclic amines) is 1. The van der Waals surface area contributed by atoms with Crippen LogP contribution >= 0.6 is 11.3 Å². The molecule has 1 aliphatic heterocycles. The number of rotatable bonds is 4. The minimum absolute atomic E-state index is 0.157. The number of fused-ring (bicyclic) bond motifs is 1. The molecule has 0 aliphatic carbocycles. The molecule has 1 atom stereocenters. The fourth-order valence-corrected chi connectivity index (χ4v) is 4.13. The van der Waals surface area contributed by atoms with Gasteiger partial charge in [0.25, 0.3) is 5.91 Å². The highest BCUT2D eigenvalue weighted by Gasteiger charge is 2.25. The quantitative estimate of drug-likeness (QED) is 0.773. The van der Waals surface area contributed by atoms with Gasteiger partial charge in [-0.25, -0.2) is 9.50 Å². The van der Waals surface area contributed by atoms with E-state index in [9.17, 15) is 4.79 Å². The van der Waals surface area contributed by atoms with E-state index in [4.69, 9.17) is 0 Å². The van der Waals surface area contributed by atoms with Crippen LogP contribution in [0.1, 0.15) is 39.7 Å². The molecule has 0 spiro atoms. The molecule has 8 heteroatoms. The summed E-state index contributed by atoms with van der Waals surface area (Å²) in [6.45, 7) is 3.02. The van der Waals surface area contributed by atoms with Gasteiger partial charge in [0, 0.05) is 43.3 Å². The maximum absolute atomic E-state index is 12.0. The Labute approximate surface area is 149 Å². The third-order valence-corrected chi connectivity index (χ3v) is 5.45. The van der Waals surface area contributed by atoms with Gasteiger partial charge >= 0.3 is 0 Å². The van der Waals surface area contributed by atoms with Gasteiger partial charge < -0.3 is 5.32 Å². The van der Waals surface area contributed by atoms with Crippen LogP contribution in [0.2, 0.25) is 0 Å². The first-order chi connectivity index (χ1) is 12.3. The highest BCUT2D eigenvalue weighted by molar-refractivity contribution is 7.09. The topological polar surface area (TPSA) is 75.4 Å². The zero-order valence-corrected chi connectivity index (χ0v) is 14.9. The summed E-state index contributed by atoms with van der Waals surface area (Å²) >= 11 is 1.70. The molecule has 1 fully saturated rings. The van der Waals surface area contributed by atoms with Crippen LogP contribution in [0.4, 0.5) is 0 Å². The van der Waals surface area contributed by atoms with E-state index in [2.05, 4.69) is 25.3 Å². The Morgan fingerprint density at radius 2 is 2.36 bits per heavy atom. The molecule has 0 bridgehead atoms. The minimum atomic E-state index is -0.157. The Morgan fingerprint density at radius 1 is 1.44 bits per heavy atom. The van der Waals surface area contributed by atoms with Crippen molar-refractivity contribution >= 4 is 22.9 Å². The number of carbonyl (C=O) groups is 1. The first-order valence-electron chi connectivity index (χ1n) is 8.40. The molecule has 1 saturated heterocycles. The lowest BCUT2D eigenvalue weighted by Crippen LogP contribution is -2.34. The number of hydrogen-bond donors (Lipinski definition) is 1. The van der Waals surface area contributed by atoms with E-state index in [0.717, 1.165) is 38.2 Å².